The average molecular weight is 241 g/mol. The molecule has 0 heterocycles. The van der Waals surface area contributed by atoms with Crippen LogP contribution in [0, 0.1) is 0 Å². The predicted molar refractivity (Wildman–Crippen MR) is 74.0 cm³/mol. The molecular formula is C14H15N3O. The van der Waals surface area contributed by atoms with Crippen LogP contribution in [-0.4, -0.2) is 13.0 Å². The molecule has 0 aliphatic heterocycles. The molecule has 2 rings (SSSR count). The van der Waals surface area contributed by atoms with Gasteiger partial charge in [0.1, 0.15) is 0 Å². The van der Waals surface area contributed by atoms with Gasteiger partial charge in [0.15, 0.2) is 0 Å². The topological polar surface area (TPSA) is 67.2 Å². The first-order chi connectivity index (χ1) is 8.70. The number of rotatable bonds is 3. The Morgan fingerprint density at radius 1 is 1.11 bits per heavy atom. The zero-order valence-electron chi connectivity index (χ0n) is 10.1. The van der Waals surface area contributed by atoms with Crippen LogP contribution in [0.25, 0.3) is 0 Å². The fourth-order valence-electron chi connectivity index (χ4n) is 1.63. The summed E-state index contributed by atoms with van der Waals surface area (Å²) in [6, 6.07) is 14.8. The third-order valence-electron chi connectivity index (χ3n) is 2.60. The Bertz CT molecular complexity index is 552. The molecule has 0 saturated carbocycles. The van der Waals surface area contributed by atoms with Crippen LogP contribution < -0.4 is 16.4 Å². The number of para-hydroxylation sites is 1. The van der Waals surface area contributed by atoms with Crippen LogP contribution in [0.5, 0.6) is 0 Å². The summed E-state index contributed by atoms with van der Waals surface area (Å²) in [6.45, 7) is 0. The lowest BCUT2D eigenvalue weighted by molar-refractivity contribution is 0.0963. The van der Waals surface area contributed by atoms with Gasteiger partial charge in [0, 0.05) is 18.3 Å². The van der Waals surface area contributed by atoms with Crippen LogP contribution in [0.3, 0.4) is 0 Å². The minimum absolute atomic E-state index is 0.133. The van der Waals surface area contributed by atoms with Crippen LogP contribution in [-0.2, 0) is 0 Å². The monoisotopic (exact) mass is 241 g/mol. The quantitative estimate of drug-likeness (QED) is 0.723. The van der Waals surface area contributed by atoms with Crippen LogP contribution in [0.4, 0.5) is 17.1 Å². The van der Waals surface area contributed by atoms with E-state index in [4.69, 9.17) is 5.73 Å². The Kier molecular flexibility index (Phi) is 3.48. The van der Waals surface area contributed by atoms with E-state index in [2.05, 4.69) is 10.6 Å². The van der Waals surface area contributed by atoms with Gasteiger partial charge in [0.25, 0.3) is 5.91 Å². The Morgan fingerprint density at radius 2 is 1.83 bits per heavy atom. The van der Waals surface area contributed by atoms with Crippen molar-refractivity contribution >= 4 is 23.0 Å². The number of amides is 1. The van der Waals surface area contributed by atoms with Gasteiger partial charge in [-0.15, -0.1) is 0 Å². The van der Waals surface area contributed by atoms with Gasteiger partial charge < -0.3 is 16.4 Å². The second kappa shape index (κ2) is 5.23. The Labute approximate surface area is 106 Å². The maximum Gasteiger partial charge on any atom is 0.251 e. The smallest absolute Gasteiger partial charge is 0.251 e. The number of nitrogen functional groups attached to an aromatic ring is 1. The first-order valence-corrected chi connectivity index (χ1v) is 5.64. The molecule has 0 bridgehead atoms. The molecule has 1 amide bonds. The van der Waals surface area contributed by atoms with Crippen molar-refractivity contribution in [2.24, 2.45) is 0 Å². The van der Waals surface area contributed by atoms with Crippen molar-refractivity contribution in [3.63, 3.8) is 0 Å². The van der Waals surface area contributed by atoms with E-state index in [1.165, 1.54) is 0 Å². The molecule has 4 nitrogen and oxygen atoms in total. The van der Waals surface area contributed by atoms with E-state index in [0.29, 0.717) is 11.3 Å². The number of carbonyl (C=O) groups excluding carboxylic acids is 1. The first-order valence-electron chi connectivity index (χ1n) is 5.64. The standard InChI is InChI=1S/C14H15N3O/c1-16-14(18)10-7-8-12(15)13(9-10)17-11-5-3-2-4-6-11/h2-9,17H,15H2,1H3,(H,16,18). The zero-order valence-corrected chi connectivity index (χ0v) is 10.1. The second-order valence-electron chi connectivity index (χ2n) is 3.87. The lowest BCUT2D eigenvalue weighted by Crippen LogP contribution is -2.17. The predicted octanol–water partition coefficient (Wildman–Crippen LogP) is 2.37. The number of hydrogen-bond donors (Lipinski definition) is 3. The Hall–Kier alpha value is -2.49. The highest BCUT2D eigenvalue weighted by molar-refractivity contribution is 5.96. The number of nitrogens with two attached hydrogens (primary N) is 1. The number of carbonyl (C=O) groups is 1. The summed E-state index contributed by atoms with van der Waals surface area (Å²) in [5, 5.41) is 5.77. The summed E-state index contributed by atoms with van der Waals surface area (Å²) in [5.74, 6) is -0.133. The van der Waals surface area contributed by atoms with Gasteiger partial charge in [-0.1, -0.05) is 18.2 Å². The van der Waals surface area contributed by atoms with Gasteiger partial charge in [-0.2, -0.15) is 0 Å². The molecule has 2 aromatic carbocycles. The molecule has 0 spiro atoms. The van der Waals surface area contributed by atoms with Crippen LogP contribution >= 0.6 is 0 Å². The van der Waals surface area contributed by atoms with Crippen molar-refractivity contribution in [1.82, 2.24) is 5.32 Å². The van der Waals surface area contributed by atoms with Crippen molar-refractivity contribution in [3.8, 4) is 0 Å². The number of nitrogens with one attached hydrogen (secondary N) is 2. The zero-order chi connectivity index (χ0) is 13.0. The first kappa shape index (κ1) is 12.0. The lowest BCUT2D eigenvalue weighted by Gasteiger charge is -2.10. The Balaban J connectivity index is 2.30. The van der Waals surface area contributed by atoms with Gasteiger partial charge in [-0.25, -0.2) is 0 Å². The lowest BCUT2D eigenvalue weighted by atomic mass is 10.1. The number of hydrogen-bond acceptors (Lipinski definition) is 3. The maximum absolute atomic E-state index is 11.5. The third kappa shape index (κ3) is 2.60. The molecule has 92 valence electrons. The molecule has 0 aliphatic carbocycles. The van der Waals surface area contributed by atoms with E-state index in [-0.39, 0.29) is 5.91 Å². The van der Waals surface area contributed by atoms with E-state index in [1.54, 1.807) is 25.2 Å². The molecule has 0 saturated heterocycles. The highest BCUT2D eigenvalue weighted by Gasteiger charge is 2.06. The molecule has 0 aliphatic rings. The van der Waals surface area contributed by atoms with Crippen LogP contribution in [0.1, 0.15) is 10.4 Å². The molecular weight excluding hydrogens is 226 g/mol. The minimum Gasteiger partial charge on any atom is -0.397 e. The highest BCUT2D eigenvalue weighted by atomic mass is 16.1. The van der Waals surface area contributed by atoms with Crippen molar-refractivity contribution in [1.29, 1.82) is 0 Å². The second-order valence-corrected chi connectivity index (χ2v) is 3.87. The van der Waals surface area contributed by atoms with Gasteiger partial charge in [-0.3, -0.25) is 4.79 Å². The van der Waals surface area contributed by atoms with Crippen LogP contribution in [0.15, 0.2) is 48.5 Å². The minimum atomic E-state index is -0.133. The molecule has 0 radical (unpaired) electrons. The molecule has 4 N–H and O–H groups in total. The van der Waals surface area contributed by atoms with Crippen molar-refractivity contribution in [2.45, 2.75) is 0 Å². The van der Waals surface area contributed by atoms with E-state index < -0.39 is 0 Å². The molecule has 0 atom stereocenters. The summed E-state index contributed by atoms with van der Waals surface area (Å²) in [4.78, 5) is 11.5. The fourth-order valence-corrected chi connectivity index (χ4v) is 1.63. The fraction of sp³-hybridized carbons (Fsp3) is 0.0714. The van der Waals surface area contributed by atoms with Gasteiger partial charge >= 0.3 is 0 Å². The van der Waals surface area contributed by atoms with E-state index in [1.807, 2.05) is 30.3 Å². The molecule has 0 aromatic heterocycles. The SMILES string of the molecule is CNC(=O)c1ccc(N)c(Nc2ccccc2)c1. The van der Waals surface area contributed by atoms with Gasteiger partial charge in [0.2, 0.25) is 0 Å². The van der Waals surface area contributed by atoms with Crippen molar-refractivity contribution in [3.05, 3.63) is 54.1 Å². The summed E-state index contributed by atoms with van der Waals surface area (Å²) in [7, 11) is 1.60. The summed E-state index contributed by atoms with van der Waals surface area (Å²) in [5.41, 5.74) is 8.72. The van der Waals surface area contributed by atoms with Crippen molar-refractivity contribution < 1.29 is 4.79 Å². The largest absolute Gasteiger partial charge is 0.397 e. The highest BCUT2D eigenvalue weighted by Crippen LogP contribution is 2.24. The van der Waals surface area contributed by atoms with E-state index >= 15 is 0 Å². The third-order valence-corrected chi connectivity index (χ3v) is 2.60. The summed E-state index contributed by atoms with van der Waals surface area (Å²) in [6.07, 6.45) is 0. The molecule has 2 aromatic rings. The van der Waals surface area contributed by atoms with Crippen molar-refractivity contribution in [2.75, 3.05) is 18.1 Å². The average Bonchev–Trinajstić information content (AvgIpc) is 2.41. The van der Waals surface area contributed by atoms with Gasteiger partial charge in [-0.05, 0) is 30.3 Å². The molecule has 0 fully saturated rings. The van der Waals surface area contributed by atoms with Crippen LogP contribution in [0.2, 0.25) is 0 Å². The normalized spacial score (nSPS) is 9.83. The van der Waals surface area contributed by atoms with E-state index in [0.717, 1.165) is 11.4 Å². The van der Waals surface area contributed by atoms with Gasteiger partial charge in [0.05, 0.1) is 11.4 Å². The Morgan fingerprint density at radius 3 is 2.50 bits per heavy atom. The molecule has 18 heavy (non-hydrogen) atoms. The number of benzene rings is 2. The van der Waals surface area contributed by atoms with E-state index in [9.17, 15) is 4.79 Å². The maximum atomic E-state index is 11.5. The molecule has 0 unspecified atom stereocenters. The summed E-state index contributed by atoms with van der Waals surface area (Å²) >= 11 is 0. The number of anilines is 3. The molecule has 4 heteroatoms. The summed E-state index contributed by atoms with van der Waals surface area (Å²) < 4.78 is 0.